The summed E-state index contributed by atoms with van der Waals surface area (Å²) in [6.07, 6.45) is 0. The van der Waals surface area contributed by atoms with Gasteiger partial charge in [-0.3, -0.25) is 0 Å². The first-order chi connectivity index (χ1) is 8.83. The minimum atomic E-state index is -3.41. The maximum Gasteiger partial charge on any atom is 0.210 e. The molecule has 0 aliphatic heterocycles. The smallest absolute Gasteiger partial charge is 0.210 e. The summed E-state index contributed by atoms with van der Waals surface area (Å²) in [6.45, 7) is 3.38. The third-order valence-electron chi connectivity index (χ3n) is 2.24. The molecule has 0 bridgehead atoms. The molecule has 5 nitrogen and oxygen atoms in total. The van der Waals surface area contributed by atoms with E-state index in [1.807, 2.05) is 19.1 Å². The van der Waals surface area contributed by atoms with Gasteiger partial charge in [0.1, 0.15) is 5.75 Å². The van der Waals surface area contributed by atoms with Crippen molar-refractivity contribution in [1.82, 2.24) is 5.32 Å². The van der Waals surface area contributed by atoms with Crippen LogP contribution in [0.2, 0.25) is 0 Å². The molecule has 0 aliphatic carbocycles. The predicted octanol–water partition coefficient (Wildman–Crippen LogP) is 1.99. The van der Waals surface area contributed by atoms with E-state index in [4.69, 9.17) is 9.88 Å². The first-order valence-corrected chi connectivity index (χ1v) is 8.95. The van der Waals surface area contributed by atoms with Gasteiger partial charge in [-0.25, -0.2) is 13.6 Å². The Kier molecular flexibility index (Phi) is 6.75. The Labute approximate surface area is 130 Å². The van der Waals surface area contributed by atoms with Crippen molar-refractivity contribution in [2.24, 2.45) is 5.14 Å². The van der Waals surface area contributed by atoms with Crippen LogP contribution in [0, 0.1) is 0 Å². The van der Waals surface area contributed by atoms with E-state index in [0.717, 1.165) is 20.3 Å². The van der Waals surface area contributed by atoms with Gasteiger partial charge in [0.05, 0.1) is 21.3 Å². The highest BCUT2D eigenvalue weighted by atomic mass is 79.9. The van der Waals surface area contributed by atoms with E-state index in [1.54, 1.807) is 0 Å². The minimum absolute atomic E-state index is 0.0770. The van der Waals surface area contributed by atoms with E-state index in [-0.39, 0.29) is 5.75 Å². The topological polar surface area (TPSA) is 81.4 Å². The molecule has 19 heavy (non-hydrogen) atoms. The number of nitrogens with one attached hydrogen (secondary N) is 1. The summed E-state index contributed by atoms with van der Waals surface area (Å²) < 4.78 is 28.7. The molecule has 0 unspecified atom stereocenters. The average molecular weight is 416 g/mol. The average Bonchev–Trinajstić information content (AvgIpc) is 2.28. The van der Waals surface area contributed by atoms with Gasteiger partial charge in [0.15, 0.2) is 0 Å². The van der Waals surface area contributed by atoms with Crippen molar-refractivity contribution in [2.45, 2.75) is 13.5 Å². The molecule has 8 heteroatoms. The second-order valence-corrected chi connectivity index (χ2v) is 7.31. The summed E-state index contributed by atoms with van der Waals surface area (Å²) in [5.41, 5.74) is 1.01. The number of benzene rings is 1. The van der Waals surface area contributed by atoms with Gasteiger partial charge in [0, 0.05) is 13.1 Å². The summed E-state index contributed by atoms with van der Waals surface area (Å²) in [4.78, 5) is 0. The maximum absolute atomic E-state index is 10.8. The fourth-order valence-corrected chi connectivity index (χ4v) is 3.38. The molecule has 0 aromatic heterocycles. The zero-order valence-corrected chi connectivity index (χ0v) is 14.4. The Morgan fingerprint density at radius 1 is 1.32 bits per heavy atom. The van der Waals surface area contributed by atoms with Crippen LogP contribution in [-0.4, -0.2) is 27.3 Å². The molecule has 0 heterocycles. The monoisotopic (exact) mass is 414 g/mol. The van der Waals surface area contributed by atoms with Crippen molar-refractivity contribution in [3.05, 3.63) is 26.6 Å². The van der Waals surface area contributed by atoms with Crippen LogP contribution in [0.4, 0.5) is 0 Å². The minimum Gasteiger partial charge on any atom is -0.492 e. The van der Waals surface area contributed by atoms with Crippen LogP contribution in [0.1, 0.15) is 12.5 Å². The lowest BCUT2D eigenvalue weighted by Gasteiger charge is -2.11. The van der Waals surface area contributed by atoms with Crippen LogP contribution in [-0.2, 0) is 16.6 Å². The number of hydrogen-bond donors (Lipinski definition) is 2. The zero-order chi connectivity index (χ0) is 14.5. The maximum atomic E-state index is 10.8. The van der Waals surface area contributed by atoms with Crippen molar-refractivity contribution < 1.29 is 13.2 Å². The van der Waals surface area contributed by atoms with Crippen LogP contribution in [0.3, 0.4) is 0 Å². The van der Waals surface area contributed by atoms with Gasteiger partial charge >= 0.3 is 0 Å². The Bertz CT molecular complexity index is 512. The highest BCUT2D eigenvalue weighted by Crippen LogP contribution is 2.34. The molecule has 3 N–H and O–H groups in total. The molecule has 0 spiro atoms. The van der Waals surface area contributed by atoms with Crippen LogP contribution < -0.4 is 15.2 Å². The third kappa shape index (κ3) is 6.22. The molecule has 0 aliphatic rings. The third-order valence-corrected chi connectivity index (χ3v) is 4.19. The highest BCUT2D eigenvalue weighted by Gasteiger charge is 2.08. The molecular weight excluding hydrogens is 400 g/mol. The summed E-state index contributed by atoms with van der Waals surface area (Å²) in [6, 6.07) is 3.86. The molecule has 1 aromatic rings. The molecule has 108 valence electrons. The lowest BCUT2D eigenvalue weighted by molar-refractivity contribution is 0.336. The van der Waals surface area contributed by atoms with E-state index in [2.05, 4.69) is 37.2 Å². The Balaban J connectivity index is 2.61. The molecule has 0 saturated carbocycles. The lowest BCUT2D eigenvalue weighted by atomic mass is 10.2. The number of primary sulfonamides is 1. The van der Waals surface area contributed by atoms with Gasteiger partial charge in [-0.05, 0) is 56.5 Å². The second kappa shape index (κ2) is 7.58. The van der Waals surface area contributed by atoms with Gasteiger partial charge in [-0.2, -0.15) is 0 Å². The molecule has 0 atom stereocenters. The van der Waals surface area contributed by atoms with Gasteiger partial charge in [-0.15, -0.1) is 0 Å². The molecule has 1 aromatic carbocycles. The molecule has 0 amide bonds. The Morgan fingerprint density at radius 2 is 1.89 bits per heavy atom. The van der Waals surface area contributed by atoms with E-state index in [9.17, 15) is 8.42 Å². The van der Waals surface area contributed by atoms with Crippen molar-refractivity contribution in [3.8, 4) is 5.75 Å². The number of ether oxygens (including phenoxy) is 1. The van der Waals surface area contributed by atoms with E-state index >= 15 is 0 Å². The number of halogens is 2. The van der Waals surface area contributed by atoms with Crippen molar-refractivity contribution >= 4 is 41.9 Å². The van der Waals surface area contributed by atoms with E-state index < -0.39 is 10.0 Å². The second-order valence-electron chi connectivity index (χ2n) is 3.87. The van der Waals surface area contributed by atoms with Crippen molar-refractivity contribution in [3.63, 3.8) is 0 Å². The molecule has 1 rings (SSSR count). The fraction of sp³-hybridized carbons (Fsp3) is 0.455. The molecule has 0 fully saturated rings. The van der Waals surface area contributed by atoms with Crippen molar-refractivity contribution in [1.29, 1.82) is 0 Å². The van der Waals surface area contributed by atoms with Crippen LogP contribution >= 0.6 is 31.9 Å². The molecule has 0 saturated heterocycles. The van der Waals surface area contributed by atoms with Gasteiger partial charge in [0.25, 0.3) is 0 Å². The Morgan fingerprint density at radius 3 is 2.37 bits per heavy atom. The SMILES string of the molecule is CCOc1c(Br)cc(CNCCS(N)(=O)=O)cc1Br. The van der Waals surface area contributed by atoms with Gasteiger partial charge in [-0.1, -0.05) is 0 Å². The van der Waals surface area contributed by atoms with E-state index in [0.29, 0.717) is 19.7 Å². The number of rotatable bonds is 7. The van der Waals surface area contributed by atoms with Crippen LogP contribution in [0.5, 0.6) is 5.75 Å². The quantitative estimate of drug-likeness (QED) is 0.667. The normalized spacial score (nSPS) is 11.6. The summed E-state index contributed by atoms with van der Waals surface area (Å²) in [5, 5.41) is 7.94. The summed E-state index contributed by atoms with van der Waals surface area (Å²) in [5.74, 6) is 0.683. The number of nitrogens with two attached hydrogens (primary N) is 1. The van der Waals surface area contributed by atoms with Crippen LogP contribution in [0.15, 0.2) is 21.1 Å². The highest BCUT2D eigenvalue weighted by molar-refractivity contribution is 9.11. The van der Waals surface area contributed by atoms with Crippen LogP contribution in [0.25, 0.3) is 0 Å². The largest absolute Gasteiger partial charge is 0.492 e. The fourth-order valence-electron chi connectivity index (χ4n) is 1.44. The number of hydrogen-bond acceptors (Lipinski definition) is 4. The summed E-state index contributed by atoms with van der Waals surface area (Å²) in [7, 11) is -3.41. The zero-order valence-electron chi connectivity index (χ0n) is 10.4. The number of sulfonamides is 1. The molecular formula is C11H16Br2N2O3S. The molecule has 0 radical (unpaired) electrons. The summed E-state index contributed by atoms with van der Waals surface area (Å²) >= 11 is 6.88. The predicted molar refractivity (Wildman–Crippen MR) is 82.7 cm³/mol. The van der Waals surface area contributed by atoms with E-state index in [1.165, 1.54) is 0 Å². The van der Waals surface area contributed by atoms with Gasteiger partial charge in [0.2, 0.25) is 10.0 Å². The lowest BCUT2D eigenvalue weighted by Crippen LogP contribution is -2.26. The van der Waals surface area contributed by atoms with Gasteiger partial charge < -0.3 is 10.1 Å². The van der Waals surface area contributed by atoms with Crippen molar-refractivity contribution in [2.75, 3.05) is 18.9 Å². The Hall–Kier alpha value is -0.150. The first-order valence-electron chi connectivity index (χ1n) is 5.65. The standard InChI is InChI=1S/C11H16Br2N2O3S/c1-2-18-11-9(12)5-8(6-10(11)13)7-15-3-4-19(14,16)17/h5-6,15H,2-4,7H2,1H3,(H2,14,16,17). The first kappa shape index (κ1) is 16.9.